The van der Waals surface area contributed by atoms with Crippen molar-refractivity contribution in [1.29, 1.82) is 0 Å². The van der Waals surface area contributed by atoms with Gasteiger partial charge in [0.05, 0.1) is 0 Å². The molecule has 30 heavy (non-hydrogen) atoms. The molecule has 1 unspecified atom stereocenters. The molecule has 2 aromatic carbocycles. The van der Waals surface area contributed by atoms with Crippen LogP contribution in [0.4, 0.5) is 0 Å². The average Bonchev–Trinajstić information content (AvgIpc) is 3.29. The van der Waals surface area contributed by atoms with E-state index in [0.717, 1.165) is 28.7 Å². The molecule has 0 aliphatic carbocycles. The van der Waals surface area contributed by atoms with E-state index >= 15 is 0 Å². The molecule has 1 aliphatic rings. The van der Waals surface area contributed by atoms with E-state index in [0.29, 0.717) is 31.6 Å². The summed E-state index contributed by atoms with van der Waals surface area (Å²) < 4.78 is 0. The Labute approximate surface area is 175 Å². The molecular formula is C24H23N3O3. The lowest BCUT2D eigenvalue weighted by atomic mass is 10.1. The standard InChI is InChI=1S/C24H23N3O3/c28-22(27-14-4-7-21(27)24(29)30)13-10-17-8-11-19(12-9-17)23-25-15-20(16-26-23)18-5-2-1-3-6-18/h1-3,5-6,8-9,11-12,15-16,21H,4,7,10,13-14H2,(H,29,30). The summed E-state index contributed by atoms with van der Waals surface area (Å²) in [7, 11) is 0. The van der Waals surface area contributed by atoms with Crippen LogP contribution < -0.4 is 0 Å². The van der Waals surface area contributed by atoms with Crippen molar-refractivity contribution in [1.82, 2.24) is 14.9 Å². The van der Waals surface area contributed by atoms with Gasteiger partial charge in [0.15, 0.2) is 5.82 Å². The van der Waals surface area contributed by atoms with E-state index in [2.05, 4.69) is 9.97 Å². The predicted molar refractivity (Wildman–Crippen MR) is 114 cm³/mol. The summed E-state index contributed by atoms with van der Waals surface area (Å²) in [5.74, 6) is -0.356. The van der Waals surface area contributed by atoms with Gasteiger partial charge in [0.25, 0.3) is 0 Å². The molecule has 2 heterocycles. The fourth-order valence-electron chi connectivity index (χ4n) is 3.79. The summed E-state index contributed by atoms with van der Waals surface area (Å²) in [6, 6.07) is 17.2. The van der Waals surface area contributed by atoms with E-state index in [9.17, 15) is 14.7 Å². The SMILES string of the molecule is O=C(O)C1CCCN1C(=O)CCc1ccc(-c2ncc(-c3ccccc3)cn2)cc1. The Bertz CT molecular complexity index is 1020. The Balaban J connectivity index is 1.37. The Kier molecular flexibility index (Phi) is 5.84. The number of amides is 1. The smallest absolute Gasteiger partial charge is 0.326 e. The van der Waals surface area contributed by atoms with Crippen LogP contribution in [0.1, 0.15) is 24.8 Å². The van der Waals surface area contributed by atoms with Crippen molar-refractivity contribution in [2.75, 3.05) is 6.54 Å². The first-order chi connectivity index (χ1) is 14.6. The second-order valence-electron chi connectivity index (χ2n) is 7.44. The van der Waals surface area contributed by atoms with Gasteiger partial charge in [-0.2, -0.15) is 0 Å². The number of likely N-dealkylation sites (tertiary alicyclic amines) is 1. The average molecular weight is 401 g/mol. The van der Waals surface area contributed by atoms with Gasteiger partial charge in [-0.15, -0.1) is 0 Å². The van der Waals surface area contributed by atoms with Gasteiger partial charge in [-0.3, -0.25) is 4.79 Å². The lowest BCUT2D eigenvalue weighted by Crippen LogP contribution is -2.40. The molecule has 3 aromatic rings. The first-order valence-corrected chi connectivity index (χ1v) is 10.1. The largest absolute Gasteiger partial charge is 0.480 e. The molecule has 6 heteroatoms. The lowest BCUT2D eigenvalue weighted by molar-refractivity contribution is -0.148. The van der Waals surface area contributed by atoms with Crippen molar-refractivity contribution in [2.45, 2.75) is 31.7 Å². The van der Waals surface area contributed by atoms with Gasteiger partial charge in [0.1, 0.15) is 6.04 Å². The zero-order chi connectivity index (χ0) is 20.9. The Morgan fingerprint density at radius 1 is 0.933 bits per heavy atom. The number of carbonyl (C=O) groups excluding carboxylic acids is 1. The predicted octanol–water partition coefficient (Wildman–Crippen LogP) is 3.82. The number of hydrogen-bond donors (Lipinski definition) is 1. The second kappa shape index (κ2) is 8.86. The molecule has 1 saturated heterocycles. The van der Waals surface area contributed by atoms with E-state index in [4.69, 9.17) is 0 Å². The first kappa shape index (κ1) is 19.8. The zero-order valence-electron chi connectivity index (χ0n) is 16.6. The molecule has 1 aromatic heterocycles. The molecule has 4 rings (SSSR count). The Morgan fingerprint density at radius 3 is 2.30 bits per heavy atom. The van der Waals surface area contributed by atoms with E-state index in [1.807, 2.05) is 67.0 Å². The highest BCUT2D eigenvalue weighted by Crippen LogP contribution is 2.22. The minimum absolute atomic E-state index is 0.0937. The molecule has 0 saturated carbocycles. The Hall–Kier alpha value is -3.54. The number of aliphatic carboxylic acids is 1. The zero-order valence-corrected chi connectivity index (χ0v) is 16.6. The molecule has 1 amide bonds. The normalized spacial score (nSPS) is 15.9. The van der Waals surface area contributed by atoms with Crippen LogP contribution in [0.25, 0.3) is 22.5 Å². The summed E-state index contributed by atoms with van der Waals surface area (Å²) in [6.45, 7) is 0.533. The summed E-state index contributed by atoms with van der Waals surface area (Å²) in [5, 5.41) is 9.23. The lowest BCUT2D eigenvalue weighted by Gasteiger charge is -2.21. The maximum absolute atomic E-state index is 12.4. The highest BCUT2D eigenvalue weighted by Gasteiger charge is 2.33. The van der Waals surface area contributed by atoms with Crippen LogP contribution in [0.15, 0.2) is 67.0 Å². The molecule has 1 atom stereocenters. The number of benzene rings is 2. The van der Waals surface area contributed by atoms with E-state index in [-0.39, 0.29) is 5.91 Å². The van der Waals surface area contributed by atoms with Crippen molar-refractivity contribution < 1.29 is 14.7 Å². The van der Waals surface area contributed by atoms with E-state index < -0.39 is 12.0 Å². The maximum atomic E-state index is 12.4. The quantitative estimate of drug-likeness (QED) is 0.679. The summed E-state index contributed by atoms with van der Waals surface area (Å²) in [4.78, 5) is 34.1. The molecule has 1 aliphatic heterocycles. The summed E-state index contributed by atoms with van der Waals surface area (Å²) >= 11 is 0. The van der Waals surface area contributed by atoms with Crippen molar-refractivity contribution in [2.24, 2.45) is 0 Å². The number of nitrogens with zero attached hydrogens (tertiary/aromatic N) is 3. The monoisotopic (exact) mass is 401 g/mol. The molecule has 0 spiro atoms. The van der Waals surface area contributed by atoms with Gasteiger partial charge in [-0.25, -0.2) is 14.8 Å². The van der Waals surface area contributed by atoms with Crippen molar-refractivity contribution >= 4 is 11.9 Å². The fraction of sp³-hybridized carbons (Fsp3) is 0.250. The highest BCUT2D eigenvalue weighted by atomic mass is 16.4. The molecule has 1 N–H and O–H groups in total. The second-order valence-corrected chi connectivity index (χ2v) is 7.44. The third-order valence-electron chi connectivity index (χ3n) is 5.46. The number of aryl methyl sites for hydroxylation is 1. The summed E-state index contributed by atoms with van der Waals surface area (Å²) in [6.07, 6.45) is 5.82. The van der Waals surface area contributed by atoms with Crippen LogP contribution in [-0.2, 0) is 16.0 Å². The number of carboxylic acid groups (broad SMARTS) is 1. The minimum atomic E-state index is -0.913. The van der Waals surface area contributed by atoms with Crippen LogP contribution >= 0.6 is 0 Å². The molecule has 1 fully saturated rings. The van der Waals surface area contributed by atoms with Crippen molar-refractivity contribution in [3.63, 3.8) is 0 Å². The van der Waals surface area contributed by atoms with Crippen molar-refractivity contribution in [3.8, 4) is 22.5 Å². The third kappa shape index (κ3) is 4.38. The maximum Gasteiger partial charge on any atom is 0.326 e. The Morgan fingerprint density at radius 2 is 1.63 bits per heavy atom. The van der Waals surface area contributed by atoms with Gasteiger partial charge in [0, 0.05) is 36.5 Å². The molecule has 0 radical (unpaired) electrons. The number of hydrogen-bond acceptors (Lipinski definition) is 4. The third-order valence-corrected chi connectivity index (χ3v) is 5.46. The number of aromatic nitrogens is 2. The minimum Gasteiger partial charge on any atom is -0.480 e. The molecular weight excluding hydrogens is 378 g/mol. The van der Waals surface area contributed by atoms with Crippen LogP contribution in [-0.4, -0.2) is 44.4 Å². The van der Waals surface area contributed by atoms with Gasteiger partial charge in [0.2, 0.25) is 5.91 Å². The van der Waals surface area contributed by atoms with Crippen molar-refractivity contribution in [3.05, 3.63) is 72.6 Å². The van der Waals surface area contributed by atoms with Gasteiger partial charge in [-0.1, -0.05) is 54.6 Å². The molecule has 152 valence electrons. The molecule has 0 bridgehead atoms. The fourth-order valence-corrected chi connectivity index (χ4v) is 3.79. The van der Waals surface area contributed by atoms with Gasteiger partial charge < -0.3 is 10.0 Å². The summed E-state index contributed by atoms with van der Waals surface area (Å²) in [5.41, 5.74) is 3.98. The van der Waals surface area contributed by atoms with Crippen LogP contribution in [0.5, 0.6) is 0 Å². The van der Waals surface area contributed by atoms with Crippen LogP contribution in [0.3, 0.4) is 0 Å². The topological polar surface area (TPSA) is 83.4 Å². The highest BCUT2D eigenvalue weighted by molar-refractivity contribution is 5.84. The van der Waals surface area contributed by atoms with Crippen LogP contribution in [0, 0.1) is 0 Å². The number of carboxylic acids is 1. The number of rotatable bonds is 6. The van der Waals surface area contributed by atoms with E-state index in [1.54, 1.807) is 0 Å². The van der Waals surface area contributed by atoms with Crippen LogP contribution in [0.2, 0.25) is 0 Å². The number of carbonyl (C=O) groups is 2. The van der Waals surface area contributed by atoms with E-state index in [1.165, 1.54) is 4.90 Å². The first-order valence-electron chi connectivity index (χ1n) is 10.1. The van der Waals surface area contributed by atoms with Gasteiger partial charge in [-0.05, 0) is 30.4 Å². The molecule has 6 nitrogen and oxygen atoms in total. The van der Waals surface area contributed by atoms with Gasteiger partial charge >= 0.3 is 5.97 Å².